The van der Waals surface area contributed by atoms with E-state index in [0.29, 0.717) is 16.4 Å². The summed E-state index contributed by atoms with van der Waals surface area (Å²) in [5.74, 6) is -0.194. The number of nitrogens with one attached hydrogen (secondary N) is 1. The van der Waals surface area contributed by atoms with Crippen LogP contribution >= 0.6 is 23.1 Å². The van der Waals surface area contributed by atoms with E-state index in [0.717, 1.165) is 15.2 Å². The van der Waals surface area contributed by atoms with Crippen LogP contribution in [0.2, 0.25) is 0 Å². The first kappa shape index (κ1) is 17.7. The van der Waals surface area contributed by atoms with Crippen molar-refractivity contribution in [2.24, 2.45) is 0 Å². The molecule has 0 fully saturated rings. The van der Waals surface area contributed by atoms with Crippen LogP contribution in [0.3, 0.4) is 0 Å². The van der Waals surface area contributed by atoms with Gasteiger partial charge >= 0.3 is 0 Å². The number of hydrogen-bond donors (Lipinski definition) is 1. The third-order valence-corrected chi connectivity index (χ3v) is 6.15. The highest BCUT2D eigenvalue weighted by Crippen LogP contribution is 2.31. The third kappa shape index (κ3) is 3.45. The molecule has 0 spiro atoms. The number of carbonyl (C=O) groups is 2. The smallest absolute Gasteiger partial charge is 0.237 e. The van der Waals surface area contributed by atoms with Crippen LogP contribution in [0.25, 0.3) is 15.2 Å². The summed E-state index contributed by atoms with van der Waals surface area (Å²) in [5.41, 5.74) is 2.20. The number of Topliss-reactive ketones (excluding diaryl/α,β-unsaturated/α-hetero) is 1. The number of fused-ring (bicyclic) bond motifs is 3. The molecule has 4 rings (SSSR count). The zero-order chi connectivity index (χ0) is 19.0. The van der Waals surface area contributed by atoms with Crippen molar-refractivity contribution in [3.8, 4) is 0 Å². The summed E-state index contributed by atoms with van der Waals surface area (Å²) in [6.45, 7) is 3.32. The van der Waals surface area contributed by atoms with E-state index in [4.69, 9.17) is 0 Å². The highest BCUT2D eigenvalue weighted by Gasteiger charge is 2.20. The average molecular weight is 396 g/mol. The number of nitrogens with zero attached hydrogens (tertiary/aromatic N) is 3. The monoisotopic (exact) mass is 396 g/mol. The number of amides is 1. The fourth-order valence-electron chi connectivity index (χ4n) is 2.70. The molecule has 1 unspecified atom stereocenters. The highest BCUT2D eigenvalue weighted by atomic mass is 32.2. The standard InChI is InChI=1S/C19H16N4O2S2/c1-11(24)13-6-5-7-14(10-13)20-17(25)12(2)26-18-21-22-19-23(18)15-8-3-4-9-16(15)27-19/h3-10,12H,1-2H3,(H,20,25). The van der Waals surface area contributed by atoms with Gasteiger partial charge in [0.15, 0.2) is 10.9 Å². The van der Waals surface area contributed by atoms with E-state index >= 15 is 0 Å². The molecule has 0 bridgehead atoms. The van der Waals surface area contributed by atoms with Crippen molar-refractivity contribution in [1.29, 1.82) is 0 Å². The molecule has 8 heteroatoms. The first-order valence-electron chi connectivity index (χ1n) is 8.34. The molecular formula is C19H16N4O2S2. The van der Waals surface area contributed by atoms with Crippen LogP contribution in [-0.4, -0.2) is 31.5 Å². The maximum Gasteiger partial charge on any atom is 0.237 e. The van der Waals surface area contributed by atoms with Gasteiger partial charge in [0.05, 0.1) is 15.5 Å². The van der Waals surface area contributed by atoms with Crippen molar-refractivity contribution in [3.63, 3.8) is 0 Å². The van der Waals surface area contributed by atoms with E-state index in [9.17, 15) is 9.59 Å². The molecule has 0 radical (unpaired) electrons. The lowest BCUT2D eigenvalue weighted by Gasteiger charge is -2.11. The van der Waals surface area contributed by atoms with Crippen molar-refractivity contribution in [2.45, 2.75) is 24.3 Å². The predicted molar refractivity (Wildman–Crippen MR) is 109 cm³/mol. The molecular weight excluding hydrogens is 380 g/mol. The van der Waals surface area contributed by atoms with E-state index in [1.807, 2.05) is 35.6 Å². The molecule has 0 saturated heterocycles. The number of carbonyl (C=O) groups excluding carboxylic acids is 2. The summed E-state index contributed by atoms with van der Waals surface area (Å²) >= 11 is 2.92. The molecule has 1 amide bonds. The Labute approximate surface area is 163 Å². The highest BCUT2D eigenvalue weighted by molar-refractivity contribution is 8.00. The van der Waals surface area contributed by atoms with E-state index < -0.39 is 0 Å². The molecule has 0 saturated carbocycles. The molecule has 2 aromatic carbocycles. The van der Waals surface area contributed by atoms with Gasteiger partial charge in [-0.25, -0.2) is 0 Å². The zero-order valence-electron chi connectivity index (χ0n) is 14.7. The molecule has 6 nitrogen and oxygen atoms in total. The average Bonchev–Trinajstić information content (AvgIpc) is 3.21. The van der Waals surface area contributed by atoms with E-state index in [1.165, 1.54) is 18.7 Å². The maximum atomic E-state index is 12.6. The van der Waals surface area contributed by atoms with Gasteiger partial charge in [0.2, 0.25) is 10.9 Å². The van der Waals surface area contributed by atoms with Gasteiger partial charge in [0.1, 0.15) is 0 Å². The first-order valence-corrected chi connectivity index (χ1v) is 10.0. The second kappa shape index (κ2) is 7.13. The number of para-hydroxylation sites is 1. The van der Waals surface area contributed by atoms with Crippen LogP contribution in [0.15, 0.2) is 53.7 Å². The van der Waals surface area contributed by atoms with Crippen molar-refractivity contribution in [3.05, 3.63) is 54.1 Å². The van der Waals surface area contributed by atoms with Gasteiger partial charge in [-0.15, -0.1) is 10.2 Å². The van der Waals surface area contributed by atoms with Crippen molar-refractivity contribution < 1.29 is 9.59 Å². The molecule has 0 aliphatic carbocycles. The van der Waals surface area contributed by atoms with Gasteiger partial charge in [0.25, 0.3) is 0 Å². The Morgan fingerprint density at radius 3 is 2.78 bits per heavy atom. The topological polar surface area (TPSA) is 76.4 Å². The van der Waals surface area contributed by atoms with E-state index in [-0.39, 0.29) is 16.9 Å². The van der Waals surface area contributed by atoms with Crippen LogP contribution in [0, 0.1) is 0 Å². The Hall–Kier alpha value is -2.71. The Balaban J connectivity index is 1.54. The molecule has 2 aromatic heterocycles. The molecule has 1 N–H and O–H groups in total. The van der Waals surface area contributed by atoms with Gasteiger partial charge in [-0.3, -0.25) is 14.0 Å². The quantitative estimate of drug-likeness (QED) is 0.403. The van der Waals surface area contributed by atoms with Crippen LogP contribution < -0.4 is 5.32 Å². The number of thioether (sulfide) groups is 1. The number of hydrogen-bond acceptors (Lipinski definition) is 6. The summed E-state index contributed by atoms with van der Waals surface area (Å²) in [6.07, 6.45) is 0. The number of aromatic nitrogens is 3. The lowest BCUT2D eigenvalue weighted by Crippen LogP contribution is -2.22. The Morgan fingerprint density at radius 1 is 1.15 bits per heavy atom. The molecule has 0 aliphatic heterocycles. The summed E-state index contributed by atoms with van der Waals surface area (Å²) in [7, 11) is 0. The lowest BCUT2D eigenvalue weighted by atomic mass is 10.1. The summed E-state index contributed by atoms with van der Waals surface area (Å²) in [4.78, 5) is 24.9. The fourth-order valence-corrected chi connectivity index (χ4v) is 4.59. The first-order chi connectivity index (χ1) is 13.0. The Kier molecular flexibility index (Phi) is 4.67. The lowest BCUT2D eigenvalue weighted by molar-refractivity contribution is -0.115. The number of anilines is 1. The van der Waals surface area contributed by atoms with Crippen molar-refractivity contribution in [2.75, 3.05) is 5.32 Å². The van der Waals surface area contributed by atoms with Gasteiger partial charge in [0, 0.05) is 11.3 Å². The zero-order valence-corrected chi connectivity index (χ0v) is 16.3. The molecule has 4 aromatic rings. The maximum absolute atomic E-state index is 12.6. The van der Waals surface area contributed by atoms with Gasteiger partial charge < -0.3 is 5.32 Å². The van der Waals surface area contributed by atoms with Crippen LogP contribution in [-0.2, 0) is 4.79 Å². The minimum absolute atomic E-state index is 0.0382. The number of thiazole rings is 1. The SMILES string of the molecule is CC(=O)c1cccc(NC(=O)C(C)Sc2nnc3sc4ccccc4n23)c1. The van der Waals surface area contributed by atoms with Crippen LogP contribution in [0.4, 0.5) is 5.69 Å². The fraction of sp³-hybridized carbons (Fsp3) is 0.158. The van der Waals surface area contributed by atoms with Crippen LogP contribution in [0.5, 0.6) is 0 Å². The van der Waals surface area contributed by atoms with Crippen LogP contribution in [0.1, 0.15) is 24.2 Å². The largest absolute Gasteiger partial charge is 0.325 e. The van der Waals surface area contributed by atoms with Crippen molar-refractivity contribution in [1.82, 2.24) is 14.6 Å². The van der Waals surface area contributed by atoms with Gasteiger partial charge in [-0.2, -0.15) is 0 Å². The van der Waals surface area contributed by atoms with E-state index in [1.54, 1.807) is 35.6 Å². The molecule has 2 heterocycles. The second-order valence-electron chi connectivity index (χ2n) is 6.06. The van der Waals surface area contributed by atoms with E-state index in [2.05, 4.69) is 15.5 Å². The molecule has 27 heavy (non-hydrogen) atoms. The number of benzene rings is 2. The summed E-state index contributed by atoms with van der Waals surface area (Å²) in [5, 5.41) is 11.6. The molecule has 0 aliphatic rings. The normalized spacial score (nSPS) is 12.4. The summed E-state index contributed by atoms with van der Waals surface area (Å²) in [6, 6.07) is 15.0. The summed E-state index contributed by atoms with van der Waals surface area (Å²) < 4.78 is 3.10. The Bertz CT molecular complexity index is 1160. The number of ketones is 1. The number of rotatable bonds is 5. The van der Waals surface area contributed by atoms with Gasteiger partial charge in [-0.05, 0) is 38.1 Å². The van der Waals surface area contributed by atoms with Crippen molar-refractivity contribution >= 4 is 55.7 Å². The molecule has 136 valence electrons. The molecule has 1 atom stereocenters. The predicted octanol–water partition coefficient (Wildman–Crippen LogP) is 4.27. The van der Waals surface area contributed by atoms with Gasteiger partial charge in [-0.1, -0.05) is 47.4 Å². The second-order valence-corrected chi connectivity index (χ2v) is 8.37. The minimum Gasteiger partial charge on any atom is -0.325 e. The minimum atomic E-state index is -0.378. The third-order valence-electron chi connectivity index (χ3n) is 4.10. The Morgan fingerprint density at radius 2 is 1.96 bits per heavy atom.